The largest absolute Gasteiger partial charge is 0.287 e. The maximum Gasteiger partial charge on any atom is 0.273 e. The molecule has 7 nitrogen and oxygen atoms in total. The summed E-state index contributed by atoms with van der Waals surface area (Å²) in [6, 6.07) is 8.82. The molecular weight excluding hydrogens is 538 g/mol. The highest BCUT2D eigenvalue weighted by molar-refractivity contribution is 6.31. The molecule has 1 aliphatic rings. The van der Waals surface area contributed by atoms with Crippen LogP contribution in [0.2, 0.25) is 10.0 Å². The Morgan fingerprint density at radius 1 is 1.21 bits per heavy atom. The van der Waals surface area contributed by atoms with Gasteiger partial charge in [0.2, 0.25) is 0 Å². The van der Waals surface area contributed by atoms with E-state index in [-0.39, 0.29) is 28.0 Å². The van der Waals surface area contributed by atoms with Crippen molar-refractivity contribution in [3.8, 4) is 11.4 Å². The van der Waals surface area contributed by atoms with Gasteiger partial charge in [0.1, 0.15) is 17.2 Å². The minimum absolute atomic E-state index is 0.118. The quantitative estimate of drug-likeness (QED) is 0.239. The van der Waals surface area contributed by atoms with Crippen molar-refractivity contribution >= 4 is 35.1 Å². The average Bonchev–Trinajstić information content (AvgIpc) is 3.61. The third kappa shape index (κ3) is 5.35. The summed E-state index contributed by atoms with van der Waals surface area (Å²) in [5.41, 5.74) is 3.06. The number of hydrogen-bond acceptors (Lipinski definition) is 5. The summed E-state index contributed by atoms with van der Waals surface area (Å²) < 4.78 is 18.6. The maximum atomic E-state index is 15.7. The molecule has 4 aromatic rings. The second kappa shape index (κ2) is 11.1. The summed E-state index contributed by atoms with van der Waals surface area (Å²) in [5, 5.41) is 4.78. The second-order valence-corrected chi connectivity index (χ2v) is 10.1. The standard InChI is InChI=1S/C29H25Cl2FN6O/c1-4-9-34-25(20-6-5-7-21(27(20)32)28-35-16-36-37(28)3)8-10-38-17(2)11-24(26(31)29(38)39)23-13-22(23)18-12-19(30)15-33-14-18/h4-12,14-16,22-23H,13H2,1-3H3/b9-4+,10-8+,34-25-. The van der Waals surface area contributed by atoms with E-state index in [0.29, 0.717) is 27.8 Å². The summed E-state index contributed by atoms with van der Waals surface area (Å²) in [5.74, 6) is 0.231. The van der Waals surface area contributed by atoms with Crippen molar-refractivity contribution in [2.75, 3.05) is 0 Å². The highest BCUT2D eigenvalue weighted by Gasteiger charge is 2.41. The first-order valence-electron chi connectivity index (χ1n) is 12.3. The van der Waals surface area contributed by atoms with Gasteiger partial charge in [-0.2, -0.15) is 5.10 Å². The van der Waals surface area contributed by atoms with Crippen LogP contribution in [0.5, 0.6) is 0 Å². The molecule has 0 amide bonds. The monoisotopic (exact) mass is 562 g/mol. The van der Waals surface area contributed by atoms with Gasteiger partial charge < -0.3 is 0 Å². The molecule has 39 heavy (non-hydrogen) atoms. The first-order chi connectivity index (χ1) is 18.8. The van der Waals surface area contributed by atoms with Crippen molar-refractivity contribution in [2.45, 2.75) is 32.1 Å². The van der Waals surface area contributed by atoms with Crippen molar-refractivity contribution in [2.24, 2.45) is 12.0 Å². The molecule has 0 aliphatic heterocycles. The molecule has 0 N–H and O–H groups in total. The summed E-state index contributed by atoms with van der Waals surface area (Å²) in [6.45, 7) is 3.65. The first-order valence-corrected chi connectivity index (χ1v) is 13.1. The highest BCUT2D eigenvalue weighted by Crippen LogP contribution is 2.55. The van der Waals surface area contributed by atoms with Crippen LogP contribution in [-0.2, 0) is 7.05 Å². The topological polar surface area (TPSA) is 78.0 Å². The van der Waals surface area contributed by atoms with Crippen molar-refractivity contribution in [1.82, 2.24) is 24.3 Å². The lowest BCUT2D eigenvalue weighted by Gasteiger charge is -2.11. The average molecular weight is 563 g/mol. The number of aryl methyl sites for hydroxylation is 2. The smallest absolute Gasteiger partial charge is 0.273 e. The van der Waals surface area contributed by atoms with Gasteiger partial charge in [0.05, 0.1) is 16.3 Å². The Morgan fingerprint density at radius 3 is 2.74 bits per heavy atom. The fourth-order valence-corrected chi connectivity index (χ4v) is 5.15. The van der Waals surface area contributed by atoms with Gasteiger partial charge in [-0.05, 0) is 73.6 Å². The van der Waals surface area contributed by atoms with E-state index in [9.17, 15) is 4.79 Å². The van der Waals surface area contributed by atoms with Crippen LogP contribution in [0.4, 0.5) is 4.39 Å². The van der Waals surface area contributed by atoms with Crippen LogP contribution in [0.1, 0.15) is 47.6 Å². The molecule has 1 aromatic carbocycles. The van der Waals surface area contributed by atoms with Gasteiger partial charge in [-0.25, -0.2) is 14.1 Å². The minimum atomic E-state index is -0.491. The van der Waals surface area contributed by atoms with Crippen molar-refractivity contribution in [3.05, 3.63) is 116 Å². The molecule has 0 spiro atoms. The highest BCUT2D eigenvalue weighted by atomic mass is 35.5. The number of hydrogen-bond donors (Lipinski definition) is 0. The number of nitrogens with zero attached hydrogens (tertiary/aromatic N) is 6. The van der Waals surface area contributed by atoms with E-state index in [0.717, 1.165) is 17.5 Å². The van der Waals surface area contributed by atoms with Crippen LogP contribution in [0.25, 0.3) is 17.6 Å². The zero-order valence-electron chi connectivity index (χ0n) is 21.5. The van der Waals surface area contributed by atoms with Gasteiger partial charge in [-0.3, -0.25) is 19.3 Å². The Labute approximate surface area is 235 Å². The number of aliphatic imine (C=N–C) groups is 1. The van der Waals surface area contributed by atoms with Crippen LogP contribution >= 0.6 is 23.2 Å². The zero-order valence-corrected chi connectivity index (χ0v) is 23.0. The predicted octanol–water partition coefficient (Wildman–Crippen LogP) is 6.56. The fraction of sp³-hybridized carbons (Fsp3) is 0.207. The van der Waals surface area contributed by atoms with Gasteiger partial charge in [0.25, 0.3) is 5.56 Å². The number of benzene rings is 1. The van der Waals surface area contributed by atoms with E-state index < -0.39 is 5.82 Å². The van der Waals surface area contributed by atoms with Crippen LogP contribution in [-0.4, -0.2) is 30.0 Å². The summed E-state index contributed by atoms with van der Waals surface area (Å²) in [7, 11) is 1.70. The van der Waals surface area contributed by atoms with E-state index in [1.807, 2.05) is 26.0 Å². The predicted molar refractivity (Wildman–Crippen MR) is 153 cm³/mol. The Bertz CT molecular complexity index is 1700. The Morgan fingerprint density at radius 2 is 2.03 bits per heavy atom. The van der Waals surface area contributed by atoms with Crippen molar-refractivity contribution < 1.29 is 4.39 Å². The van der Waals surface area contributed by atoms with Gasteiger partial charge >= 0.3 is 0 Å². The summed E-state index contributed by atoms with van der Waals surface area (Å²) in [6.07, 6.45) is 12.1. The fourth-order valence-electron chi connectivity index (χ4n) is 4.69. The van der Waals surface area contributed by atoms with E-state index in [1.54, 1.807) is 62.2 Å². The van der Waals surface area contributed by atoms with Gasteiger partial charge in [-0.1, -0.05) is 35.3 Å². The molecule has 0 radical (unpaired) electrons. The molecule has 10 heteroatoms. The number of allylic oxidation sites excluding steroid dienone is 2. The third-order valence-corrected chi connectivity index (χ3v) is 7.31. The van der Waals surface area contributed by atoms with Crippen LogP contribution in [0, 0.1) is 12.7 Å². The van der Waals surface area contributed by atoms with Gasteiger partial charge in [0.15, 0.2) is 5.82 Å². The Kier molecular flexibility index (Phi) is 7.59. The number of rotatable bonds is 7. The maximum absolute atomic E-state index is 15.7. The van der Waals surface area contributed by atoms with Crippen molar-refractivity contribution in [3.63, 3.8) is 0 Å². The summed E-state index contributed by atoms with van der Waals surface area (Å²) in [4.78, 5) is 26.1. The van der Waals surface area contributed by atoms with Crippen LogP contribution in [0.3, 0.4) is 0 Å². The molecule has 3 heterocycles. The lowest BCUT2D eigenvalue weighted by molar-refractivity contribution is 0.625. The molecule has 1 aliphatic carbocycles. The third-order valence-electron chi connectivity index (χ3n) is 6.72. The number of aromatic nitrogens is 5. The molecule has 198 valence electrons. The normalized spacial score (nSPS) is 17.4. The van der Waals surface area contributed by atoms with Crippen molar-refractivity contribution in [1.29, 1.82) is 0 Å². The molecular formula is C29H25Cl2FN6O. The molecule has 1 fully saturated rings. The number of halogens is 3. The Hall–Kier alpha value is -3.88. The van der Waals surface area contributed by atoms with Gasteiger partial charge in [-0.15, -0.1) is 0 Å². The Balaban J connectivity index is 1.48. The number of pyridine rings is 2. The minimum Gasteiger partial charge on any atom is -0.287 e. The molecule has 2 atom stereocenters. The lowest BCUT2D eigenvalue weighted by atomic mass is 10.0. The van der Waals surface area contributed by atoms with E-state index in [2.05, 4.69) is 20.1 Å². The summed E-state index contributed by atoms with van der Waals surface area (Å²) >= 11 is 12.7. The van der Waals surface area contributed by atoms with Gasteiger partial charge in [0, 0.05) is 43.1 Å². The molecule has 3 aromatic heterocycles. The first kappa shape index (κ1) is 26.7. The second-order valence-electron chi connectivity index (χ2n) is 9.30. The molecule has 0 bridgehead atoms. The van der Waals surface area contributed by atoms with E-state index >= 15 is 4.39 Å². The molecule has 2 unspecified atom stereocenters. The SMILES string of the molecule is C/C=C/N=C(/C=C/n1c(C)cc(C2CC2c2cncc(Cl)c2)c(Cl)c1=O)c1cccc(-c2ncnn2C)c1F. The molecule has 5 rings (SSSR count). The van der Waals surface area contributed by atoms with Crippen LogP contribution in [0.15, 0.2) is 77.2 Å². The van der Waals surface area contributed by atoms with E-state index in [4.69, 9.17) is 23.2 Å². The van der Waals surface area contributed by atoms with Crippen LogP contribution < -0.4 is 5.56 Å². The molecule has 1 saturated carbocycles. The zero-order chi connectivity index (χ0) is 27.7. The molecule has 0 saturated heterocycles. The lowest BCUT2D eigenvalue weighted by Crippen LogP contribution is -2.20. The van der Waals surface area contributed by atoms with E-state index in [1.165, 1.54) is 15.6 Å².